The van der Waals surface area contributed by atoms with Gasteiger partial charge < -0.3 is 102 Å². The number of primary amides is 1. The number of benzene rings is 4. The van der Waals surface area contributed by atoms with Gasteiger partial charge in [0.1, 0.15) is 60.8 Å². The minimum Gasteiger partial charge on any atom is -0.691 e. The van der Waals surface area contributed by atoms with Crippen LogP contribution in [0.4, 0.5) is 0 Å². The Morgan fingerprint density at radius 3 is 1.99 bits per heavy atom. The average Bonchev–Trinajstić information content (AvgIpc) is 1.72. The third-order valence-electron chi connectivity index (χ3n) is 15.4. The molecule has 15 N–H and O–H groups in total. The minimum absolute atomic E-state index is 0. The Labute approximate surface area is 556 Å². The molecule has 3 saturated heterocycles. The van der Waals surface area contributed by atoms with Crippen LogP contribution in [-0.2, 0) is 42.9 Å². The number of nitrogens with zero attached hydrogens (tertiary/aromatic N) is 4. The predicted molar refractivity (Wildman–Crippen MR) is 315 cm³/mol. The van der Waals surface area contributed by atoms with Crippen molar-refractivity contribution in [1.82, 2.24) is 46.6 Å². The van der Waals surface area contributed by atoms with Gasteiger partial charge in [-0.15, -0.1) is 14.5 Å². The fraction of sp³-hybridized carbons (Fsp3) is 0.390. The summed E-state index contributed by atoms with van der Waals surface area (Å²) in [6.45, 7) is 4.64. The van der Waals surface area contributed by atoms with E-state index >= 15 is 0 Å². The van der Waals surface area contributed by atoms with Crippen molar-refractivity contribution in [1.29, 1.82) is 0 Å². The minimum atomic E-state index is -2.55. The number of carbonyl (C=O) groups excluding carboxylic acids is 8. The number of nitrogens with two attached hydrogens (primary N) is 1. The first-order chi connectivity index (χ1) is 43.9. The normalized spacial score (nSPS) is 24.6. The first-order valence-electron chi connectivity index (χ1n) is 28.5. The molecular formula is C59H67N10NaO22S. The zero-order chi connectivity index (χ0) is 66.7. The number of hydrogen-bond donors (Lipinski definition) is 14. The van der Waals surface area contributed by atoms with E-state index in [-0.39, 0.29) is 64.8 Å². The largest absolute Gasteiger partial charge is 1.00 e. The summed E-state index contributed by atoms with van der Waals surface area (Å²) in [4.78, 5) is 115. The molecule has 93 heavy (non-hydrogen) atoms. The number of carbonyl (C=O) groups is 8. The van der Waals surface area contributed by atoms with Gasteiger partial charge in [-0.25, -0.2) is 0 Å². The summed E-state index contributed by atoms with van der Waals surface area (Å²) >= 11 is -0.0907. The number of nitrogens with one attached hydrogen (secondary N) is 5. The van der Waals surface area contributed by atoms with Gasteiger partial charge in [0.15, 0.2) is 11.5 Å². The summed E-state index contributed by atoms with van der Waals surface area (Å²) in [5.41, 5.74) is 7.75. The second-order valence-corrected chi connectivity index (χ2v) is 22.5. The second-order valence-electron chi connectivity index (χ2n) is 22.0. The molecule has 32 nitrogen and oxygen atoms in total. The second kappa shape index (κ2) is 32.6. The topological polar surface area (TPSA) is 490 Å². The Hall–Kier alpha value is -8.13. The zero-order valence-corrected chi connectivity index (χ0v) is 52.9. The molecule has 4 heterocycles. The Morgan fingerprint density at radius 2 is 1.38 bits per heavy atom. The quantitative estimate of drug-likeness (QED) is 0.00913. The molecule has 14 unspecified atom stereocenters. The van der Waals surface area contributed by atoms with Crippen LogP contribution in [0.1, 0.15) is 55.1 Å². The van der Waals surface area contributed by atoms with Gasteiger partial charge in [0.2, 0.25) is 53.1 Å². The Bertz CT molecular complexity index is 3480. The van der Waals surface area contributed by atoms with Gasteiger partial charge in [-0.3, -0.25) is 43.4 Å². The summed E-state index contributed by atoms with van der Waals surface area (Å²) in [6.07, 6.45) is -14.7. The number of aliphatic hydroxyl groups excluding tert-OH is 7. The number of rotatable bonds is 19. The van der Waals surface area contributed by atoms with E-state index in [0.29, 0.717) is 28.4 Å². The molecule has 14 atom stereocenters. The number of phenolic OH excluding ortho intramolecular Hbond substituents is 1. The van der Waals surface area contributed by atoms with E-state index in [1.54, 1.807) is 18.2 Å². The average molecular weight is 1320 g/mol. The van der Waals surface area contributed by atoms with E-state index in [0.717, 1.165) is 41.1 Å². The van der Waals surface area contributed by atoms with Gasteiger partial charge in [-0.2, -0.15) is 0 Å². The number of hydrogen-bond acceptors (Lipinski definition) is 25. The van der Waals surface area contributed by atoms with E-state index in [1.807, 2.05) is 36.4 Å². The molecule has 5 aromatic rings. The molecule has 3 aliphatic heterocycles. The van der Waals surface area contributed by atoms with Gasteiger partial charge in [-0.1, -0.05) is 49.9 Å². The maximum atomic E-state index is 14.7. The summed E-state index contributed by atoms with van der Waals surface area (Å²) in [6, 6.07) is 10.9. The summed E-state index contributed by atoms with van der Waals surface area (Å²) in [7, 11) is 0. The monoisotopic (exact) mass is 1320 g/mol. The molecule has 492 valence electrons. The van der Waals surface area contributed by atoms with Crippen LogP contribution in [0.2, 0.25) is 0 Å². The summed E-state index contributed by atoms with van der Waals surface area (Å²) in [5, 5.41) is 124. The molecule has 4 aromatic carbocycles. The van der Waals surface area contributed by atoms with Crippen LogP contribution in [0.5, 0.6) is 17.2 Å². The molecule has 0 saturated carbocycles. The number of fused-ring (bicyclic) bond motifs is 2. The third kappa shape index (κ3) is 17.8. The van der Waals surface area contributed by atoms with Crippen LogP contribution in [0, 0.1) is 5.92 Å². The first kappa shape index (κ1) is 72.3. The fourth-order valence-electron chi connectivity index (χ4n) is 10.6. The number of aliphatic hydroxyl groups is 7. The molecule has 34 heteroatoms. The number of β-amino-alcohol motifs (C(OH)–C–C–N with tert-alkyl or cyclic N) is 1. The maximum Gasteiger partial charge on any atom is 1.00 e. The molecule has 8 rings (SSSR count). The summed E-state index contributed by atoms with van der Waals surface area (Å²) < 4.78 is 20.6. The molecule has 3 fully saturated rings. The van der Waals surface area contributed by atoms with Crippen molar-refractivity contribution in [2.45, 2.75) is 112 Å². The van der Waals surface area contributed by atoms with Crippen LogP contribution < -0.4 is 76.1 Å². The maximum absolute atomic E-state index is 14.7. The molecule has 0 radical (unpaired) electrons. The van der Waals surface area contributed by atoms with Gasteiger partial charge in [0.05, 0.1) is 36.9 Å². The Balaban J connectivity index is 0.0000123. The van der Waals surface area contributed by atoms with Gasteiger partial charge in [0.25, 0.3) is 18.2 Å². The molecule has 3 aliphatic rings. The van der Waals surface area contributed by atoms with Crippen molar-refractivity contribution in [2.24, 2.45) is 11.7 Å². The van der Waals surface area contributed by atoms with E-state index in [1.165, 1.54) is 31.2 Å². The number of aromatic nitrogens is 2. The van der Waals surface area contributed by atoms with Crippen LogP contribution >= 0.6 is 12.3 Å². The van der Waals surface area contributed by atoms with Crippen LogP contribution in [0.3, 0.4) is 0 Å². The van der Waals surface area contributed by atoms with Crippen LogP contribution in [-0.4, -0.2) is 207 Å². The van der Waals surface area contributed by atoms with Crippen LogP contribution in [0.25, 0.3) is 34.0 Å². The smallest absolute Gasteiger partial charge is 0.691 e. The van der Waals surface area contributed by atoms with Crippen molar-refractivity contribution in [3.63, 3.8) is 0 Å². The Morgan fingerprint density at radius 1 is 0.785 bits per heavy atom. The van der Waals surface area contributed by atoms with E-state index < -0.39 is 183 Å². The van der Waals surface area contributed by atoms with Crippen molar-refractivity contribution in [2.75, 3.05) is 26.2 Å². The van der Waals surface area contributed by atoms with Crippen molar-refractivity contribution >= 4 is 59.6 Å². The first-order valence-corrected chi connectivity index (χ1v) is 29.2. The van der Waals surface area contributed by atoms with Gasteiger partial charge >= 0.3 is 29.6 Å². The molecule has 8 amide bonds. The number of phenols is 1. The molecule has 1 aromatic heterocycles. The Kier molecular flexibility index (Phi) is 25.4. The number of amides is 8. The zero-order valence-electron chi connectivity index (χ0n) is 50.0. The summed E-state index contributed by atoms with van der Waals surface area (Å²) in [5.74, 6) is -11.2. The molecule has 0 bridgehead atoms. The van der Waals surface area contributed by atoms with E-state index in [9.17, 15) is 84.5 Å². The molecule has 0 spiro atoms. The number of aromatic hydroxyl groups is 1. The van der Waals surface area contributed by atoms with Gasteiger partial charge in [0, 0.05) is 55.1 Å². The van der Waals surface area contributed by atoms with Gasteiger partial charge in [-0.05, 0) is 84.3 Å². The molecular weight excluding hydrogens is 1260 g/mol. The predicted octanol–water partition coefficient (Wildman–Crippen LogP) is -6.17. The molecule has 0 aliphatic carbocycles. The van der Waals surface area contributed by atoms with Crippen LogP contribution in [0.15, 0.2) is 108 Å². The third-order valence-corrected chi connectivity index (χ3v) is 15.8. The van der Waals surface area contributed by atoms with E-state index in [4.69, 9.17) is 19.1 Å². The number of ether oxygens (including phenoxy) is 1. The van der Waals surface area contributed by atoms with E-state index in [2.05, 4.69) is 52.7 Å². The van der Waals surface area contributed by atoms with Crippen molar-refractivity contribution in [3.05, 3.63) is 115 Å². The SMILES string of the molecule is C=CCOc1ccc(-c2ccc(-c3nnc(-c4ccc(C(=O)NC5CC(O)CNC(=O)C6C(O)C(C)CN6C(=O)C(C(O)CC(N)=O)NC(=O)C(C(O)C(O)c6ccc(O)c(OSOO[O-])c6)NC(=O)C6CC(O)CN6C(=O)C(C(C)O)NC5=O)cc4)o3)cc2)cc1.[Na+]. The van der Waals surface area contributed by atoms with Crippen molar-refractivity contribution in [3.8, 4) is 51.3 Å². The standard InChI is InChI=1S/C59H68N10O22S.Na/c1-4-19-87-37-16-13-30(14-17-37)29-5-9-32(10-6-29)56-66-67-57(88-56)33-11-7-31(8-12-33)51(79)62-38-21-35(71)24-61-55(83)47-48(76)27(2)25-69(47)59(85)45(41(74)23-43(60)75)64-54(82)46(50(78)49(77)34-15-18-40(73)42(20-34)89-92-91-90-86)65-53(81)39-22-36(72)26-68(39)58(84)44(28(3)70)63-52(38)80;/h4-18,20,27-28,35-36,38-39,41,44-50,70-74,76-78,86H,1,19,21-26H2,2-3H3,(H2,60,75)(H,61,83)(H,62,79)(H,63,80)(H,64,82)(H,65,81);/q;+1/p-1. The van der Waals surface area contributed by atoms with Crippen molar-refractivity contribution < 1.29 is 137 Å². The fourth-order valence-corrected chi connectivity index (χ4v) is 10.9.